The number of hydrogen-bond acceptors (Lipinski definition) is 4. The summed E-state index contributed by atoms with van der Waals surface area (Å²) >= 11 is 0. The van der Waals surface area contributed by atoms with Crippen molar-refractivity contribution in [3.63, 3.8) is 0 Å². The van der Waals surface area contributed by atoms with Crippen LogP contribution >= 0.6 is 0 Å². The van der Waals surface area contributed by atoms with E-state index in [9.17, 15) is 21.6 Å². The van der Waals surface area contributed by atoms with Crippen LogP contribution in [-0.4, -0.2) is 80.4 Å². The molecule has 0 aliphatic carbocycles. The highest BCUT2D eigenvalue weighted by Gasteiger charge is 2.50. The Hall–Kier alpha value is -1.07. The fourth-order valence-electron chi connectivity index (χ4n) is 3.69. The van der Waals surface area contributed by atoms with E-state index in [1.165, 1.54) is 19.3 Å². The highest BCUT2D eigenvalue weighted by molar-refractivity contribution is 7.90. The Bertz CT molecular complexity index is 638. The number of sulfonamides is 1. The maximum absolute atomic E-state index is 12.7. The fourth-order valence-corrected chi connectivity index (χ4v) is 4.67. The van der Waals surface area contributed by atoms with Crippen molar-refractivity contribution >= 4 is 16.0 Å². The Kier molecular flexibility index (Phi) is 7.60. The number of piperidine rings is 2. The largest absolute Gasteiger partial charge is 0.511 e. The number of nitrogens with one attached hydrogen (secondary N) is 2. The highest BCUT2D eigenvalue weighted by atomic mass is 32.2. The molecule has 0 aromatic heterocycles. The molecule has 0 bridgehead atoms. The van der Waals surface area contributed by atoms with E-state index >= 15 is 0 Å². The first-order valence-corrected chi connectivity index (χ1v) is 11.2. The molecule has 2 aliphatic heterocycles. The summed E-state index contributed by atoms with van der Waals surface area (Å²) in [4.78, 5) is 6.66. The van der Waals surface area contributed by atoms with Crippen LogP contribution in [0.2, 0.25) is 0 Å². The van der Waals surface area contributed by atoms with E-state index in [4.69, 9.17) is 0 Å². The summed E-state index contributed by atoms with van der Waals surface area (Å²) in [6.07, 6.45) is 4.27. The first-order chi connectivity index (χ1) is 13.0. The van der Waals surface area contributed by atoms with E-state index in [-0.39, 0.29) is 24.7 Å². The SMILES string of the molecule is CN=C(NCC(C)(C)N1CCCCC1)NC1CCN(S(=O)(=O)C(F)(F)F)CC1. The van der Waals surface area contributed by atoms with Gasteiger partial charge in [-0.15, -0.1) is 0 Å². The van der Waals surface area contributed by atoms with Gasteiger partial charge in [-0.25, -0.2) is 8.42 Å². The molecular formula is C17H32F3N5O2S. The normalized spacial score (nSPS) is 22.3. The van der Waals surface area contributed by atoms with Gasteiger partial charge in [0.15, 0.2) is 5.96 Å². The number of rotatable bonds is 5. The molecule has 2 N–H and O–H groups in total. The first kappa shape index (κ1) is 23.2. The van der Waals surface area contributed by atoms with Gasteiger partial charge < -0.3 is 10.6 Å². The molecule has 0 radical (unpaired) electrons. The summed E-state index contributed by atoms with van der Waals surface area (Å²) < 4.78 is 61.5. The average Bonchev–Trinajstić information content (AvgIpc) is 2.65. The molecule has 2 heterocycles. The molecule has 2 saturated heterocycles. The van der Waals surface area contributed by atoms with Crippen LogP contribution in [0.25, 0.3) is 0 Å². The summed E-state index contributed by atoms with van der Waals surface area (Å²) in [5.41, 5.74) is -5.28. The van der Waals surface area contributed by atoms with Gasteiger partial charge in [-0.1, -0.05) is 6.42 Å². The number of nitrogens with zero attached hydrogens (tertiary/aromatic N) is 3. The van der Waals surface area contributed by atoms with Crippen LogP contribution in [-0.2, 0) is 10.0 Å². The number of aliphatic imine (C=N–C) groups is 1. The molecule has 28 heavy (non-hydrogen) atoms. The Morgan fingerprint density at radius 1 is 1.07 bits per heavy atom. The lowest BCUT2D eigenvalue weighted by Gasteiger charge is -2.41. The second kappa shape index (κ2) is 9.17. The zero-order valence-corrected chi connectivity index (χ0v) is 17.7. The Labute approximate surface area is 165 Å². The van der Waals surface area contributed by atoms with Crippen LogP contribution in [0, 0.1) is 0 Å². The van der Waals surface area contributed by atoms with E-state index in [2.05, 4.69) is 34.4 Å². The van der Waals surface area contributed by atoms with Gasteiger partial charge in [-0.2, -0.15) is 17.5 Å². The number of hydrogen-bond donors (Lipinski definition) is 2. The van der Waals surface area contributed by atoms with Crippen LogP contribution in [0.5, 0.6) is 0 Å². The molecule has 2 rings (SSSR count). The van der Waals surface area contributed by atoms with E-state index in [1.807, 2.05) is 0 Å². The minimum absolute atomic E-state index is 0.0395. The zero-order chi connectivity index (χ0) is 21.0. The molecule has 0 aromatic rings. The summed E-state index contributed by atoms with van der Waals surface area (Å²) in [5, 5.41) is 6.51. The van der Waals surface area contributed by atoms with Crippen molar-refractivity contribution in [3.8, 4) is 0 Å². The van der Waals surface area contributed by atoms with Gasteiger partial charge in [0, 0.05) is 38.3 Å². The van der Waals surface area contributed by atoms with Crippen molar-refractivity contribution in [1.82, 2.24) is 19.8 Å². The minimum atomic E-state index is -5.25. The fraction of sp³-hybridized carbons (Fsp3) is 0.941. The van der Waals surface area contributed by atoms with E-state index in [0.717, 1.165) is 13.1 Å². The summed E-state index contributed by atoms with van der Waals surface area (Å²) in [6.45, 7) is 6.89. The van der Waals surface area contributed by atoms with Gasteiger partial charge in [0.1, 0.15) is 0 Å². The lowest BCUT2D eigenvalue weighted by Crippen LogP contribution is -2.56. The van der Waals surface area contributed by atoms with Crippen LogP contribution < -0.4 is 10.6 Å². The molecular weight excluding hydrogens is 395 g/mol. The lowest BCUT2D eigenvalue weighted by molar-refractivity contribution is -0.0494. The van der Waals surface area contributed by atoms with Crippen LogP contribution in [0.4, 0.5) is 13.2 Å². The Morgan fingerprint density at radius 2 is 1.64 bits per heavy atom. The Morgan fingerprint density at radius 3 is 2.14 bits per heavy atom. The zero-order valence-electron chi connectivity index (χ0n) is 16.8. The minimum Gasteiger partial charge on any atom is -0.355 e. The molecule has 164 valence electrons. The molecule has 0 amide bonds. The second-order valence-electron chi connectivity index (χ2n) is 8.05. The van der Waals surface area contributed by atoms with Gasteiger partial charge >= 0.3 is 15.5 Å². The number of alkyl halides is 3. The van der Waals surface area contributed by atoms with Crippen LogP contribution in [0.1, 0.15) is 46.0 Å². The first-order valence-electron chi connectivity index (χ1n) is 9.76. The predicted octanol–water partition coefficient (Wildman–Crippen LogP) is 1.73. The van der Waals surface area contributed by atoms with Gasteiger partial charge in [-0.05, 0) is 52.6 Å². The van der Waals surface area contributed by atoms with E-state index in [1.54, 1.807) is 7.05 Å². The molecule has 2 fully saturated rings. The molecule has 7 nitrogen and oxygen atoms in total. The van der Waals surface area contributed by atoms with Gasteiger partial charge in [-0.3, -0.25) is 9.89 Å². The van der Waals surface area contributed by atoms with Crippen LogP contribution in [0.3, 0.4) is 0 Å². The highest BCUT2D eigenvalue weighted by Crippen LogP contribution is 2.29. The maximum atomic E-state index is 12.7. The monoisotopic (exact) mass is 427 g/mol. The number of guanidine groups is 1. The lowest BCUT2D eigenvalue weighted by atomic mass is 9.98. The molecule has 2 aliphatic rings. The molecule has 0 unspecified atom stereocenters. The van der Waals surface area contributed by atoms with Gasteiger partial charge in [0.05, 0.1) is 0 Å². The number of likely N-dealkylation sites (tertiary alicyclic amines) is 1. The summed E-state index contributed by atoms with van der Waals surface area (Å²) in [5.74, 6) is 0.585. The Balaban J connectivity index is 1.83. The van der Waals surface area contributed by atoms with Crippen molar-refractivity contribution < 1.29 is 21.6 Å². The molecule has 11 heteroatoms. The molecule has 0 aromatic carbocycles. The standard InChI is InChI=1S/C17H32F3N5O2S/c1-16(2,24-9-5-4-6-10-24)13-22-15(21-3)23-14-7-11-25(12-8-14)28(26,27)17(18,19)20/h14H,4-13H2,1-3H3,(H2,21,22,23). The molecule has 0 atom stereocenters. The van der Waals surface area contributed by atoms with E-state index < -0.39 is 15.5 Å². The average molecular weight is 428 g/mol. The summed E-state index contributed by atoms with van der Waals surface area (Å²) in [7, 11) is -3.60. The smallest absolute Gasteiger partial charge is 0.355 e. The summed E-state index contributed by atoms with van der Waals surface area (Å²) in [6, 6.07) is -0.121. The third kappa shape index (κ3) is 5.73. The number of halogens is 3. The second-order valence-corrected chi connectivity index (χ2v) is 9.98. The van der Waals surface area contributed by atoms with Crippen molar-refractivity contribution in [2.24, 2.45) is 4.99 Å². The van der Waals surface area contributed by atoms with Gasteiger partial charge in [0.2, 0.25) is 0 Å². The van der Waals surface area contributed by atoms with Crippen LogP contribution in [0.15, 0.2) is 4.99 Å². The predicted molar refractivity (Wildman–Crippen MR) is 104 cm³/mol. The van der Waals surface area contributed by atoms with Crippen molar-refractivity contribution in [2.45, 2.75) is 63.0 Å². The molecule has 0 saturated carbocycles. The van der Waals surface area contributed by atoms with Gasteiger partial charge in [0.25, 0.3) is 0 Å². The third-order valence-corrected chi connectivity index (χ3v) is 7.18. The topological polar surface area (TPSA) is 77.0 Å². The quantitative estimate of drug-likeness (QED) is 0.516. The van der Waals surface area contributed by atoms with Crippen molar-refractivity contribution in [1.29, 1.82) is 0 Å². The molecule has 0 spiro atoms. The third-order valence-electron chi connectivity index (χ3n) is 5.55. The van der Waals surface area contributed by atoms with Crippen molar-refractivity contribution in [3.05, 3.63) is 0 Å². The maximum Gasteiger partial charge on any atom is 0.511 e. The van der Waals surface area contributed by atoms with E-state index in [0.29, 0.717) is 29.7 Å². The van der Waals surface area contributed by atoms with Crippen molar-refractivity contribution in [2.75, 3.05) is 39.8 Å².